The van der Waals surface area contributed by atoms with E-state index in [9.17, 15) is 4.79 Å². The first-order chi connectivity index (χ1) is 10.3. The highest BCUT2D eigenvalue weighted by Gasteiger charge is 2.21. The van der Waals surface area contributed by atoms with E-state index in [1.165, 1.54) is 49.5 Å². The first-order valence-corrected chi connectivity index (χ1v) is 7.91. The maximum absolute atomic E-state index is 11.5. The summed E-state index contributed by atoms with van der Waals surface area (Å²) in [6.45, 7) is 1.56. The van der Waals surface area contributed by atoms with Crippen molar-refractivity contribution in [3.8, 4) is 0 Å². The maximum Gasteiger partial charge on any atom is 0.221 e. The van der Waals surface area contributed by atoms with E-state index in [1.54, 1.807) is 6.92 Å². The number of aromatic nitrogens is 1. The number of benzene rings is 1. The van der Waals surface area contributed by atoms with Crippen LogP contribution < -0.4 is 5.32 Å². The molecule has 3 nitrogen and oxygen atoms in total. The molecule has 1 saturated carbocycles. The lowest BCUT2D eigenvalue weighted by atomic mass is 9.88. The molecule has 0 radical (unpaired) electrons. The molecule has 1 fully saturated rings. The Bertz CT molecular complexity index is 643. The van der Waals surface area contributed by atoms with Crippen molar-refractivity contribution in [1.29, 1.82) is 0 Å². The van der Waals surface area contributed by atoms with Crippen LogP contribution >= 0.6 is 0 Å². The molecular formula is C18H22N2O. The van der Waals surface area contributed by atoms with Crippen LogP contribution in [0.25, 0.3) is 10.9 Å². The number of nitrogens with one attached hydrogen (secondary N) is 1. The van der Waals surface area contributed by atoms with E-state index in [2.05, 4.69) is 22.4 Å². The van der Waals surface area contributed by atoms with Gasteiger partial charge in [0.15, 0.2) is 0 Å². The normalized spacial score (nSPS) is 16.6. The number of hydrogen-bond acceptors (Lipinski definition) is 2. The zero-order chi connectivity index (χ0) is 14.7. The highest BCUT2D eigenvalue weighted by molar-refractivity contribution is 5.94. The molecule has 0 aliphatic heterocycles. The predicted molar refractivity (Wildman–Crippen MR) is 86.5 cm³/mol. The van der Waals surface area contributed by atoms with Crippen LogP contribution in [0.3, 0.4) is 0 Å². The van der Waals surface area contributed by atoms with E-state index in [1.807, 2.05) is 18.3 Å². The zero-order valence-electron chi connectivity index (χ0n) is 12.6. The van der Waals surface area contributed by atoms with E-state index in [4.69, 9.17) is 0 Å². The maximum atomic E-state index is 11.5. The molecule has 1 heterocycles. The lowest BCUT2D eigenvalue weighted by molar-refractivity contribution is -0.114. The van der Waals surface area contributed by atoms with Gasteiger partial charge in [0.2, 0.25) is 5.91 Å². The molecular weight excluding hydrogens is 260 g/mol. The summed E-state index contributed by atoms with van der Waals surface area (Å²) in [5, 5.41) is 4.17. The standard InChI is InChI=1S/C18H22N2O/c1-13(21)20-17-12-19-16-11-7-6-10-15(16)18(17)14-8-4-2-3-5-9-14/h6-7,10-12,14H,2-5,8-9H2,1H3,(H,20,21). The number of para-hydroxylation sites is 1. The van der Waals surface area contributed by atoms with Gasteiger partial charge in [-0.25, -0.2) is 0 Å². The molecule has 1 N–H and O–H groups in total. The van der Waals surface area contributed by atoms with E-state index in [0.29, 0.717) is 5.92 Å². The number of fused-ring (bicyclic) bond motifs is 1. The Morgan fingerprint density at radius 2 is 1.86 bits per heavy atom. The Balaban J connectivity index is 2.12. The summed E-state index contributed by atoms with van der Waals surface area (Å²) >= 11 is 0. The highest BCUT2D eigenvalue weighted by Crippen LogP contribution is 2.39. The van der Waals surface area contributed by atoms with Crippen LogP contribution in [-0.4, -0.2) is 10.9 Å². The minimum absolute atomic E-state index is 0.0260. The molecule has 0 saturated heterocycles. The van der Waals surface area contributed by atoms with Crippen LogP contribution in [0.4, 0.5) is 5.69 Å². The second-order valence-electron chi connectivity index (χ2n) is 5.97. The van der Waals surface area contributed by atoms with Gasteiger partial charge in [-0.3, -0.25) is 9.78 Å². The Morgan fingerprint density at radius 3 is 2.57 bits per heavy atom. The molecule has 3 rings (SSSR count). The molecule has 1 aliphatic carbocycles. The van der Waals surface area contributed by atoms with Gasteiger partial charge in [0.25, 0.3) is 0 Å². The van der Waals surface area contributed by atoms with Crippen LogP contribution in [0.5, 0.6) is 0 Å². The smallest absolute Gasteiger partial charge is 0.221 e. The summed E-state index contributed by atoms with van der Waals surface area (Å²) in [5.74, 6) is 0.504. The largest absolute Gasteiger partial charge is 0.325 e. The molecule has 1 aromatic heterocycles. The molecule has 0 unspecified atom stereocenters. The van der Waals surface area contributed by atoms with Crippen LogP contribution in [0.15, 0.2) is 30.5 Å². The zero-order valence-corrected chi connectivity index (χ0v) is 12.6. The van der Waals surface area contributed by atoms with E-state index in [0.717, 1.165) is 11.2 Å². The van der Waals surface area contributed by atoms with Gasteiger partial charge in [-0.1, -0.05) is 43.9 Å². The van der Waals surface area contributed by atoms with Gasteiger partial charge in [0, 0.05) is 12.3 Å². The third-order valence-electron chi connectivity index (χ3n) is 4.39. The third-order valence-corrected chi connectivity index (χ3v) is 4.39. The average molecular weight is 282 g/mol. The van der Waals surface area contributed by atoms with Crippen LogP contribution in [-0.2, 0) is 4.79 Å². The van der Waals surface area contributed by atoms with Crippen LogP contribution in [0.2, 0.25) is 0 Å². The van der Waals surface area contributed by atoms with Crippen molar-refractivity contribution in [1.82, 2.24) is 4.98 Å². The van der Waals surface area contributed by atoms with Crippen molar-refractivity contribution in [2.45, 2.75) is 51.4 Å². The van der Waals surface area contributed by atoms with Crippen molar-refractivity contribution in [3.63, 3.8) is 0 Å². The molecule has 3 heteroatoms. The summed E-state index contributed by atoms with van der Waals surface area (Å²) in [6.07, 6.45) is 9.46. The summed E-state index contributed by atoms with van der Waals surface area (Å²) in [7, 11) is 0. The third kappa shape index (κ3) is 3.07. The summed E-state index contributed by atoms with van der Waals surface area (Å²) in [6, 6.07) is 8.26. The average Bonchev–Trinajstić information content (AvgIpc) is 2.75. The molecule has 0 atom stereocenters. The SMILES string of the molecule is CC(=O)Nc1cnc2ccccc2c1C1CCCCCC1. The van der Waals surface area contributed by atoms with Crippen molar-refractivity contribution >= 4 is 22.5 Å². The monoisotopic (exact) mass is 282 g/mol. The summed E-state index contributed by atoms with van der Waals surface area (Å²) in [4.78, 5) is 16.0. The van der Waals surface area contributed by atoms with Crippen LogP contribution in [0.1, 0.15) is 56.9 Å². The molecule has 2 aromatic rings. The van der Waals surface area contributed by atoms with Crippen molar-refractivity contribution in [3.05, 3.63) is 36.0 Å². The van der Waals surface area contributed by atoms with Gasteiger partial charge < -0.3 is 5.32 Å². The van der Waals surface area contributed by atoms with Crippen LogP contribution in [0, 0.1) is 0 Å². The number of rotatable bonds is 2. The summed E-state index contributed by atoms with van der Waals surface area (Å²) in [5.41, 5.74) is 3.21. The quantitative estimate of drug-likeness (QED) is 0.816. The van der Waals surface area contributed by atoms with Gasteiger partial charge in [0.05, 0.1) is 17.4 Å². The Morgan fingerprint density at radius 1 is 1.14 bits per heavy atom. The summed E-state index contributed by atoms with van der Waals surface area (Å²) < 4.78 is 0. The number of hydrogen-bond donors (Lipinski definition) is 1. The molecule has 21 heavy (non-hydrogen) atoms. The molecule has 1 amide bonds. The van der Waals surface area contributed by atoms with Gasteiger partial charge in [-0.15, -0.1) is 0 Å². The molecule has 0 bridgehead atoms. The van der Waals surface area contributed by atoms with Crippen molar-refractivity contribution in [2.24, 2.45) is 0 Å². The van der Waals surface area contributed by atoms with Gasteiger partial charge in [-0.2, -0.15) is 0 Å². The van der Waals surface area contributed by atoms with E-state index in [-0.39, 0.29) is 5.91 Å². The van der Waals surface area contributed by atoms with Gasteiger partial charge in [-0.05, 0) is 30.4 Å². The molecule has 1 aromatic carbocycles. The fourth-order valence-corrected chi connectivity index (χ4v) is 3.46. The number of pyridine rings is 1. The Labute approximate surface area is 125 Å². The molecule has 0 spiro atoms. The minimum atomic E-state index is -0.0260. The second-order valence-corrected chi connectivity index (χ2v) is 5.97. The van der Waals surface area contributed by atoms with Gasteiger partial charge in [0.1, 0.15) is 0 Å². The first-order valence-electron chi connectivity index (χ1n) is 7.91. The Hall–Kier alpha value is -1.90. The van der Waals surface area contributed by atoms with E-state index < -0.39 is 0 Å². The van der Waals surface area contributed by atoms with Gasteiger partial charge >= 0.3 is 0 Å². The first kappa shape index (κ1) is 14.1. The van der Waals surface area contributed by atoms with Crippen molar-refractivity contribution < 1.29 is 4.79 Å². The number of carbonyl (C=O) groups is 1. The Kier molecular flexibility index (Phi) is 4.18. The number of amides is 1. The lowest BCUT2D eigenvalue weighted by Gasteiger charge is -2.21. The van der Waals surface area contributed by atoms with Crippen molar-refractivity contribution in [2.75, 3.05) is 5.32 Å². The minimum Gasteiger partial charge on any atom is -0.325 e. The number of carbonyl (C=O) groups excluding carboxylic acids is 1. The number of anilines is 1. The van der Waals surface area contributed by atoms with E-state index >= 15 is 0 Å². The fourth-order valence-electron chi connectivity index (χ4n) is 3.46. The molecule has 1 aliphatic rings. The second kappa shape index (κ2) is 6.25. The fraction of sp³-hybridized carbons (Fsp3) is 0.444. The topological polar surface area (TPSA) is 42.0 Å². The molecule has 110 valence electrons. The highest BCUT2D eigenvalue weighted by atomic mass is 16.1. The predicted octanol–water partition coefficient (Wildman–Crippen LogP) is 4.63. The lowest BCUT2D eigenvalue weighted by Crippen LogP contribution is -2.11. The number of nitrogens with zero attached hydrogens (tertiary/aromatic N) is 1.